The molecule has 1 aromatic rings. The molecule has 0 aliphatic carbocycles. The molecule has 1 aliphatic heterocycles. The van der Waals surface area contributed by atoms with E-state index in [9.17, 15) is 8.42 Å². The Kier molecular flexibility index (Phi) is 5.18. The van der Waals surface area contributed by atoms with Crippen LogP contribution in [0.3, 0.4) is 0 Å². The van der Waals surface area contributed by atoms with Crippen molar-refractivity contribution in [2.45, 2.75) is 6.54 Å². The number of nitrogens with zero attached hydrogens (tertiary/aromatic N) is 2. The molecule has 110 valence electrons. The van der Waals surface area contributed by atoms with E-state index < -0.39 is 10.0 Å². The van der Waals surface area contributed by atoms with Crippen molar-refractivity contribution < 1.29 is 13.5 Å². The Labute approximate surface area is 123 Å². The number of piperazine rings is 1. The van der Waals surface area contributed by atoms with Crippen LogP contribution in [0.4, 0.5) is 0 Å². The summed E-state index contributed by atoms with van der Waals surface area (Å²) in [7, 11) is -3.06. The Hall–Kier alpha value is -0.910. The molecule has 1 aromatic heterocycles. The quantitative estimate of drug-likeness (QED) is 0.808. The van der Waals surface area contributed by atoms with E-state index in [1.54, 1.807) is 11.3 Å². The first-order valence-corrected chi connectivity index (χ1v) is 9.06. The summed E-state index contributed by atoms with van der Waals surface area (Å²) in [6.45, 7) is 3.32. The van der Waals surface area contributed by atoms with Crippen LogP contribution in [0.2, 0.25) is 0 Å². The second-order valence-electron chi connectivity index (χ2n) is 4.70. The zero-order valence-electron chi connectivity index (χ0n) is 11.4. The lowest BCUT2D eigenvalue weighted by Crippen LogP contribution is -2.47. The molecule has 0 amide bonds. The van der Waals surface area contributed by atoms with Gasteiger partial charge in [-0.2, -0.15) is 4.31 Å². The molecule has 0 unspecified atom stereocenters. The number of hydrogen-bond acceptors (Lipinski definition) is 5. The second kappa shape index (κ2) is 6.70. The fourth-order valence-electron chi connectivity index (χ4n) is 2.11. The topological polar surface area (TPSA) is 60.9 Å². The number of hydrogen-bond donors (Lipinski definition) is 1. The largest absolute Gasteiger partial charge is 0.384 e. The Morgan fingerprint density at radius 3 is 2.65 bits per heavy atom. The van der Waals surface area contributed by atoms with Gasteiger partial charge in [0.05, 0.1) is 6.26 Å². The van der Waals surface area contributed by atoms with Crippen molar-refractivity contribution in [1.82, 2.24) is 9.21 Å². The molecule has 2 rings (SSSR count). The molecule has 0 aromatic carbocycles. The summed E-state index contributed by atoms with van der Waals surface area (Å²) in [6.07, 6.45) is 1.26. The molecule has 2 heterocycles. The van der Waals surface area contributed by atoms with E-state index in [1.165, 1.54) is 15.4 Å². The van der Waals surface area contributed by atoms with Crippen LogP contribution < -0.4 is 0 Å². The number of rotatable bonds is 3. The lowest BCUT2D eigenvalue weighted by atomic mass is 10.3. The maximum Gasteiger partial charge on any atom is 0.211 e. The zero-order valence-corrected chi connectivity index (χ0v) is 13.0. The lowest BCUT2D eigenvalue weighted by Gasteiger charge is -2.32. The predicted octanol–water partition coefficient (Wildman–Crippen LogP) is 0.169. The normalized spacial score (nSPS) is 17.7. The molecule has 1 N–H and O–H groups in total. The molecule has 0 radical (unpaired) electrons. The van der Waals surface area contributed by atoms with Crippen molar-refractivity contribution in [3.63, 3.8) is 0 Å². The first-order chi connectivity index (χ1) is 9.49. The van der Waals surface area contributed by atoms with E-state index in [4.69, 9.17) is 5.11 Å². The van der Waals surface area contributed by atoms with Gasteiger partial charge in [0, 0.05) is 48.5 Å². The lowest BCUT2D eigenvalue weighted by molar-refractivity contribution is 0.183. The van der Waals surface area contributed by atoms with Crippen molar-refractivity contribution >= 4 is 21.4 Å². The first kappa shape index (κ1) is 15.5. The molecular formula is C13H18N2O3S2. The van der Waals surface area contributed by atoms with Gasteiger partial charge < -0.3 is 5.11 Å². The molecule has 0 bridgehead atoms. The molecular weight excluding hydrogens is 296 g/mol. The van der Waals surface area contributed by atoms with Crippen LogP contribution in [0.1, 0.15) is 10.4 Å². The highest BCUT2D eigenvalue weighted by atomic mass is 32.2. The third kappa shape index (κ3) is 4.30. The standard InChI is InChI=1S/C13H18N2O3S2/c1-20(17,18)15-6-4-14(5-7-15)10-13-9-12(11-19-13)3-2-8-16/h9,11,16H,4-8,10H2,1H3. The Balaban J connectivity index is 1.88. The predicted molar refractivity (Wildman–Crippen MR) is 80.0 cm³/mol. The Morgan fingerprint density at radius 2 is 2.05 bits per heavy atom. The average Bonchev–Trinajstić information content (AvgIpc) is 2.83. The minimum atomic E-state index is -3.06. The Bertz CT molecular complexity index is 605. The number of aliphatic hydroxyl groups is 1. The third-order valence-electron chi connectivity index (χ3n) is 3.15. The van der Waals surface area contributed by atoms with Crippen LogP contribution in [-0.4, -0.2) is 61.8 Å². The van der Waals surface area contributed by atoms with Gasteiger partial charge in [-0.25, -0.2) is 8.42 Å². The van der Waals surface area contributed by atoms with Gasteiger partial charge in [-0.1, -0.05) is 11.8 Å². The molecule has 1 saturated heterocycles. The summed E-state index contributed by atoms with van der Waals surface area (Å²) >= 11 is 1.64. The van der Waals surface area contributed by atoms with Crippen LogP contribution in [-0.2, 0) is 16.6 Å². The highest BCUT2D eigenvalue weighted by molar-refractivity contribution is 7.88. The second-order valence-corrected chi connectivity index (χ2v) is 7.68. The fourth-order valence-corrected chi connectivity index (χ4v) is 3.79. The molecule has 5 nitrogen and oxygen atoms in total. The number of thiophene rings is 1. The van der Waals surface area contributed by atoms with Crippen molar-refractivity contribution in [2.75, 3.05) is 39.0 Å². The molecule has 0 spiro atoms. The number of sulfonamides is 1. The molecule has 1 aliphatic rings. The smallest absolute Gasteiger partial charge is 0.211 e. The van der Waals surface area contributed by atoms with Gasteiger partial charge in [-0.05, 0) is 6.07 Å². The van der Waals surface area contributed by atoms with Gasteiger partial charge in [-0.3, -0.25) is 4.90 Å². The fraction of sp³-hybridized carbons (Fsp3) is 0.538. The summed E-state index contributed by atoms with van der Waals surface area (Å²) < 4.78 is 24.4. The summed E-state index contributed by atoms with van der Waals surface area (Å²) in [5, 5.41) is 10.6. The summed E-state index contributed by atoms with van der Waals surface area (Å²) in [6, 6.07) is 2.02. The van der Waals surface area contributed by atoms with E-state index in [0.717, 1.165) is 25.2 Å². The van der Waals surface area contributed by atoms with E-state index in [2.05, 4.69) is 16.7 Å². The molecule has 7 heteroatoms. The van der Waals surface area contributed by atoms with Gasteiger partial charge in [0.15, 0.2) is 0 Å². The SMILES string of the molecule is CS(=O)(=O)N1CCN(Cc2cc(C#CCO)cs2)CC1. The minimum absolute atomic E-state index is 0.126. The van der Waals surface area contributed by atoms with E-state index in [1.807, 2.05) is 11.4 Å². The minimum Gasteiger partial charge on any atom is -0.384 e. The van der Waals surface area contributed by atoms with E-state index in [-0.39, 0.29) is 6.61 Å². The van der Waals surface area contributed by atoms with Gasteiger partial charge in [0.25, 0.3) is 0 Å². The van der Waals surface area contributed by atoms with Crippen molar-refractivity contribution in [2.24, 2.45) is 0 Å². The van der Waals surface area contributed by atoms with Crippen LogP contribution in [0, 0.1) is 11.8 Å². The monoisotopic (exact) mass is 314 g/mol. The summed E-state index contributed by atoms with van der Waals surface area (Å²) in [5.41, 5.74) is 0.925. The van der Waals surface area contributed by atoms with Crippen molar-refractivity contribution in [3.05, 3.63) is 21.9 Å². The van der Waals surface area contributed by atoms with Gasteiger partial charge >= 0.3 is 0 Å². The Morgan fingerprint density at radius 1 is 1.35 bits per heavy atom. The highest BCUT2D eigenvalue weighted by Gasteiger charge is 2.23. The molecule has 1 fully saturated rings. The average molecular weight is 314 g/mol. The highest BCUT2D eigenvalue weighted by Crippen LogP contribution is 2.17. The maximum absolute atomic E-state index is 11.4. The summed E-state index contributed by atoms with van der Waals surface area (Å²) in [4.78, 5) is 3.46. The third-order valence-corrected chi connectivity index (χ3v) is 5.37. The van der Waals surface area contributed by atoms with Crippen molar-refractivity contribution in [1.29, 1.82) is 0 Å². The van der Waals surface area contributed by atoms with Crippen LogP contribution >= 0.6 is 11.3 Å². The first-order valence-electron chi connectivity index (χ1n) is 6.33. The maximum atomic E-state index is 11.4. The van der Waals surface area contributed by atoms with Gasteiger partial charge in [0.1, 0.15) is 6.61 Å². The van der Waals surface area contributed by atoms with Gasteiger partial charge in [-0.15, -0.1) is 11.3 Å². The zero-order chi connectivity index (χ0) is 14.6. The number of aliphatic hydroxyl groups excluding tert-OH is 1. The molecule has 0 saturated carbocycles. The van der Waals surface area contributed by atoms with Crippen LogP contribution in [0.5, 0.6) is 0 Å². The van der Waals surface area contributed by atoms with E-state index in [0.29, 0.717) is 13.1 Å². The molecule has 20 heavy (non-hydrogen) atoms. The van der Waals surface area contributed by atoms with Crippen LogP contribution in [0.15, 0.2) is 11.4 Å². The van der Waals surface area contributed by atoms with Gasteiger partial charge in [0.2, 0.25) is 10.0 Å². The molecule has 0 atom stereocenters. The van der Waals surface area contributed by atoms with Crippen molar-refractivity contribution in [3.8, 4) is 11.8 Å². The van der Waals surface area contributed by atoms with Crippen LogP contribution in [0.25, 0.3) is 0 Å². The summed E-state index contributed by atoms with van der Waals surface area (Å²) in [5.74, 6) is 5.51. The van der Waals surface area contributed by atoms with E-state index >= 15 is 0 Å².